The Labute approximate surface area is 194 Å². The molecule has 10 heteroatoms. The van der Waals surface area contributed by atoms with E-state index >= 15 is 0 Å². The first-order valence-electron chi connectivity index (χ1n) is 10.3. The first-order chi connectivity index (χ1) is 16.0. The van der Waals surface area contributed by atoms with Gasteiger partial charge in [0.25, 0.3) is 0 Å². The highest BCUT2D eigenvalue weighted by Gasteiger charge is 2.30. The predicted molar refractivity (Wildman–Crippen MR) is 122 cm³/mol. The van der Waals surface area contributed by atoms with Crippen LogP contribution in [-0.2, 0) is 36.9 Å². The summed E-state index contributed by atoms with van der Waals surface area (Å²) in [6.45, 7) is 2.70. The molecule has 3 heterocycles. The molecule has 0 saturated carbocycles. The van der Waals surface area contributed by atoms with Gasteiger partial charge < -0.3 is 19.7 Å². The highest BCUT2D eigenvalue weighted by Crippen LogP contribution is 2.40. The van der Waals surface area contributed by atoms with E-state index in [0.29, 0.717) is 18.9 Å². The van der Waals surface area contributed by atoms with E-state index in [1.165, 1.54) is 30.8 Å². The summed E-state index contributed by atoms with van der Waals surface area (Å²) in [6, 6.07) is 8.48. The molecular formula is C23H22N4O5S. The van der Waals surface area contributed by atoms with Crippen LogP contribution in [0.2, 0.25) is 0 Å². The minimum atomic E-state index is -0.753. The van der Waals surface area contributed by atoms with Gasteiger partial charge in [0.1, 0.15) is 17.0 Å². The predicted octanol–water partition coefficient (Wildman–Crippen LogP) is 2.98. The van der Waals surface area contributed by atoms with Crippen LogP contribution in [0, 0.1) is 0 Å². The molecule has 1 amide bonds. The van der Waals surface area contributed by atoms with Gasteiger partial charge >= 0.3 is 11.9 Å². The molecule has 0 aliphatic carbocycles. The third kappa shape index (κ3) is 4.70. The number of amides is 1. The number of carbonyl (C=O) groups excluding carboxylic acids is 3. The fourth-order valence-electron chi connectivity index (χ4n) is 3.63. The molecule has 1 N–H and O–H groups in total. The van der Waals surface area contributed by atoms with Gasteiger partial charge in [0, 0.05) is 29.1 Å². The van der Waals surface area contributed by atoms with Crippen LogP contribution in [0.25, 0.3) is 10.2 Å². The van der Waals surface area contributed by atoms with Gasteiger partial charge in [0.2, 0.25) is 5.91 Å². The van der Waals surface area contributed by atoms with Gasteiger partial charge in [0.15, 0.2) is 6.04 Å². The van der Waals surface area contributed by atoms with Crippen molar-refractivity contribution in [1.82, 2.24) is 14.9 Å². The molecule has 0 saturated heterocycles. The molecule has 33 heavy (non-hydrogen) atoms. The van der Waals surface area contributed by atoms with Gasteiger partial charge in [-0.05, 0) is 12.5 Å². The number of fused-ring (bicyclic) bond motifs is 3. The Morgan fingerprint density at radius 3 is 2.70 bits per heavy atom. The summed E-state index contributed by atoms with van der Waals surface area (Å²) in [7, 11) is 1.34. The number of hydrogen-bond acceptors (Lipinski definition) is 9. The Bertz CT molecular complexity index is 1220. The summed E-state index contributed by atoms with van der Waals surface area (Å²) in [4.78, 5) is 48.7. The van der Waals surface area contributed by atoms with Gasteiger partial charge in [-0.15, -0.1) is 11.3 Å². The van der Waals surface area contributed by atoms with Crippen molar-refractivity contribution in [3.8, 4) is 0 Å². The second kappa shape index (κ2) is 9.78. The van der Waals surface area contributed by atoms with Gasteiger partial charge in [-0.25, -0.2) is 19.6 Å². The molecule has 2 aromatic heterocycles. The minimum Gasteiger partial charge on any atom is -0.467 e. The van der Waals surface area contributed by atoms with Gasteiger partial charge in [-0.2, -0.15) is 0 Å². The van der Waals surface area contributed by atoms with Crippen molar-refractivity contribution in [1.29, 1.82) is 0 Å². The quantitative estimate of drug-likeness (QED) is 0.418. The number of thiophene rings is 1. The fraction of sp³-hybridized carbons (Fsp3) is 0.261. The Balaban J connectivity index is 1.61. The number of rotatable bonds is 7. The second-order valence-electron chi connectivity index (χ2n) is 7.20. The lowest BCUT2D eigenvalue weighted by molar-refractivity contribution is -0.141. The SMILES string of the molecule is CCOC(=O)C=CC(=O)N1Cc2sc3ncnc(N[C@H](C(=O)OC)c4ccccc4)c3c2C1. The molecule has 9 nitrogen and oxygen atoms in total. The fourth-order valence-corrected chi connectivity index (χ4v) is 4.80. The number of benzene rings is 1. The van der Waals surface area contributed by atoms with Crippen LogP contribution in [0.3, 0.4) is 0 Å². The van der Waals surface area contributed by atoms with Crippen molar-refractivity contribution in [3.63, 3.8) is 0 Å². The number of ether oxygens (including phenoxy) is 2. The van der Waals surface area contributed by atoms with Crippen molar-refractivity contribution >= 4 is 45.2 Å². The van der Waals surface area contributed by atoms with Gasteiger partial charge in [-0.1, -0.05) is 30.3 Å². The smallest absolute Gasteiger partial charge is 0.333 e. The van der Waals surface area contributed by atoms with Crippen molar-refractivity contribution in [2.75, 3.05) is 19.0 Å². The number of methoxy groups -OCH3 is 1. The maximum absolute atomic E-state index is 12.6. The third-order valence-corrected chi connectivity index (χ3v) is 6.29. The zero-order chi connectivity index (χ0) is 23.4. The van der Waals surface area contributed by atoms with E-state index in [-0.39, 0.29) is 12.5 Å². The zero-order valence-corrected chi connectivity index (χ0v) is 18.9. The number of hydrogen-bond donors (Lipinski definition) is 1. The number of nitrogens with one attached hydrogen (secondary N) is 1. The van der Waals surface area contributed by atoms with E-state index in [2.05, 4.69) is 15.3 Å². The monoisotopic (exact) mass is 466 g/mol. The van der Waals surface area contributed by atoms with Crippen LogP contribution < -0.4 is 5.32 Å². The summed E-state index contributed by atoms with van der Waals surface area (Å²) in [6.07, 6.45) is 3.79. The normalized spacial score (nSPS) is 13.7. The number of aromatic nitrogens is 2. The zero-order valence-electron chi connectivity index (χ0n) is 18.1. The molecular weight excluding hydrogens is 444 g/mol. The maximum Gasteiger partial charge on any atom is 0.333 e. The lowest BCUT2D eigenvalue weighted by Crippen LogP contribution is -2.24. The maximum atomic E-state index is 12.6. The molecule has 0 radical (unpaired) electrons. The molecule has 1 aliphatic rings. The van der Waals surface area contributed by atoms with Crippen LogP contribution in [0.5, 0.6) is 0 Å². The third-order valence-electron chi connectivity index (χ3n) is 5.17. The van der Waals surface area contributed by atoms with E-state index < -0.39 is 18.0 Å². The van der Waals surface area contributed by atoms with E-state index in [1.807, 2.05) is 30.3 Å². The second-order valence-corrected chi connectivity index (χ2v) is 8.28. The number of nitrogens with zero attached hydrogens (tertiary/aromatic N) is 3. The summed E-state index contributed by atoms with van der Waals surface area (Å²) in [5.41, 5.74) is 1.66. The average Bonchev–Trinajstić information content (AvgIpc) is 3.39. The lowest BCUT2D eigenvalue weighted by atomic mass is 10.1. The molecule has 1 aliphatic heterocycles. The minimum absolute atomic E-state index is 0.246. The van der Waals surface area contributed by atoms with Crippen molar-refractivity contribution in [2.45, 2.75) is 26.1 Å². The summed E-state index contributed by atoms with van der Waals surface area (Å²) in [5, 5.41) is 3.98. The molecule has 170 valence electrons. The van der Waals surface area contributed by atoms with Crippen LogP contribution in [0.1, 0.15) is 29.0 Å². The Morgan fingerprint density at radius 2 is 1.97 bits per heavy atom. The van der Waals surface area contributed by atoms with E-state index in [0.717, 1.165) is 32.3 Å². The van der Waals surface area contributed by atoms with E-state index in [1.54, 1.807) is 11.8 Å². The van der Waals surface area contributed by atoms with Crippen molar-refractivity contribution in [3.05, 3.63) is 64.8 Å². The highest BCUT2D eigenvalue weighted by molar-refractivity contribution is 7.19. The Hall–Kier alpha value is -3.79. The number of carbonyl (C=O) groups is 3. The highest BCUT2D eigenvalue weighted by atomic mass is 32.1. The standard InChI is InChI=1S/C23H22N4O5S/c1-3-32-18(29)10-9-17(28)27-11-15-16(12-27)33-22-19(15)21(24-13-25-22)26-20(23(30)31-2)14-7-5-4-6-8-14/h4-10,13,20H,3,11-12H2,1-2H3,(H,24,25,26)/t20-/m0/s1. The first kappa shape index (κ1) is 22.4. The van der Waals surface area contributed by atoms with Crippen molar-refractivity contribution < 1.29 is 23.9 Å². The molecule has 1 aromatic carbocycles. The molecule has 3 aromatic rings. The van der Waals surface area contributed by atoms with Crippen LogP contribution in [0.15, 0.2) is 48.8 Å². The Morgan fingerprint density at radius 1 is 1.18 bits per heavy atom. The van der Waals surface area contributed by atoms with Crippen LogP contribution in [-0.4, -0.2) is 46.4 Å². The summed E-state index contributed by atoms with van der Waals surface area (Å²) in [5.74, 6) is -0.795. The molecule has 0 unspecified atom stereocenters. The van der Waals surface area contributed by atoms with E-state index in [9.17, 15) is 14.4 Å². The van der Waals surface area contributed by atoms with Gasteiger partial charge in [-0.3, -0.25) is 4.79 Å². The van der Waals surface area contributed by atoms with Gasteiger partial charge in [0.05, 0.1) is 25.6 Å². The molecule has 0 spiro atoms. The summed E-state index contributed by atoms with van der Waals surface area (Å²) < 4.78 is 9.82. The molecule has 0 bridgehead atoms. The van der Waals surface area contributed by atoms with Crippen molar-refractivity contribution in [2.24, 2.45) is 0 Å². The van der Waals surface area contributed by atoms with Crippen LogP contribution >= 0.6 is 11.3 Å². The average molecular weight is 467 g/mol. The Kier molecular flexibility index (Phi) is 6.64. The number of anilines is 1. The number of esters is 2. The molecule has 0 fully saturated rings. The largest absolute Gasteiger partial charge is 0.467 e. The molecule has 1 atom stereocenters. The first-order valence-corrected chi connectivity index (χ1v) is 11.1. The van der Waals surface area contributed by atoms with Crippen LogP contribution in [0.4, 0.5) is 5.82 Å². The molecule has 4 rings (SSSR count). The van der Waals surface area contributed by atoms with E-state index in [4.69, 9.17) is 9.47 Å². The topological polar surface area (TPSA) is 111 Å². The summed E-state index contributed by atoms with van der Waals surface area (Å²) >= 11 is 1.47. The lowest BCUT2D eigenvalue weighted by Gasteiger charge is -2.18.